The summed E-state index contributed by atoms with van der Waals surface area (Å²) in [6, 6.07) is 3.76. The molecule has 1 aliphatic rings. The van der Waals surface area contributed by atoms with Gasteiger partial charge in [0.25, 0.3) is 0 Å². The Kier molecular flexibility index (Phi) is 3.03. The van der Waals surface area contributed by atoms with E-state index in [1.165, 1.54) is 0 Å². The Hall–Kier alpha value is -1.23. The smallest absolute Gasteiger partial charge is 0.233 e. The van der Waals surface area contributed by atoms with Gasteiger partial charge >= 0.3 is 0 Å². The number of carbonyl (C=O) groups is 2. The summed E-state index contributed by atoms with van der Waals surface area (Å²) in [4.78, 5) is 27.3. The van der Waals surface area contributed by atoms with Crippen molar-refractivity contribution in [2.75, 3.05) is 0 Å². The van der Waals surface area contributed by atoms with Gasteiger partial charge in [-0.25, -0.2) is 4.98 Å². The second-order valence-electron chi connectivity index (χ2n) is 4.61. The number of rotatable bonds is 2. The minimum Gasteiger partial charge on any atom is -0.296 e. The SMILES string of the molecule is CC(c1ccc(Br)nc1)[C@]1(C)CC(=O)NC1=O. The Morgan fingerprint density at radius 3 is 2.65 bits per heavy atom. The average Bonchev–Trinajstić information content (AvgIpc) is 2.54. The first-order chi connectivity index (χ1) is 7.93. The average molecular weight is 297 g/mol. The molecule has 1 unspecified atom stereocenters. The maximum Gasteiger partial charge on any atom is 0.233 e. The molecule has 4 nitrogen and oxygen atoms in total. The van der Waals surface area contributed by atoms with Crippen LogP contribution in [0.5, 0.6) is 0 Å². The van der Waals surface area contributed by atoms with Gasteiger partial charge in [-0.05, 0) is 40.4 Å². The molecule has 90 valence electrons. The highest BCUT2D eigenvalue weighted by molar-refractivity contribution is 9.10. The molecule has 1 saturated heterocycles. The van der Waals surface area contributed by atoms with Crippen LogP contribution in [0.2, 0.25) is 0 Å². The van der Waals surface area contributed by atoms with Crippen LogP contribution in [0, 0.1) is 5.41 Å². The molecule has 2 amide bonds. The number of nitrogens with zero attached hydrogens (tertiary/aromatic N) is 1. The fourth-order valence-corrected chi connectivity index (χ4v) is 2.32. The van der Waals surface area contributed by atoms with Crippen molar-refractivity contribution >= 4 is 27.7 Å². The van der Waals surface area contributed by atoms with Crippen molar-refractivity contribution in [3.63, 3.8) is 0 Å². The van der Waals surface area contributed by atoms with Crippen LogP contribution in [0.15, 0.2) is 22.9 Å². The fraction of sp³-hybridized carbons (Fsp3) is 0.417. The summed E-state index contributed by atoms with van der Waals surface area (Å²) in [5.41, 5.74) is 0.285. The number of hydrogen-bond acceptors (Lipinski definition) is 3. The molecular formula is C12H13BrN2O2. The van der Waals surface area contributed by atoms with Crippen LogP contribution >= 0.6 is 15.9 Å². The maximum atomic E-state index is 11.8. The molecule has 1 aromatic rings. The molecule has 1 aliphatic heterocycles. The lowest BCUT2D eigenvalue weighted by Gasteiger charge is -2.27. The number of nitrogens with one attached hydrogen (secondary N) is 1. The Labute approximate surface area is 108 Å². The van der Waals surface area contributed by atoms with Gasteiger partial charge in [-0.2, -0.15) is 0 Å². The van der Waals surface area contributed by atoms with Gasteiger partial charge in [0.15, 0.2) is 0 Å². The van der Waals surface area contributed by atoms with E-state index in [0.717, 1.165) is 10.2 Å². The first-order valence-electron chi connectivity index (χ1n) is 5.39. The monoisotopic (exact) mass is 296 g/mol. The zero-order valence-electron chi connectivity index (χ0n) is 9.66. The van der Waals surface area contributed by atoms with Crippen molar-refractivity contribution in [1.29, 1.82) is 0 Å². The number of carbonyl (C=O) groups excluding carboxylic acids is 2. The predicted molar refractivity (Wildman–Crippen MR) is 66.2 cm³/mol. The zero-order valence-corrected chi connectivity index (χ0v) is 11.2. The van der Waals surface area contributed by atoms with Gasteiger partial charge in [-0.15, -0.1) is 0 Å². The van der Waals surface area contributed by atoms with Gasteiger partial charge in [0, 0.05) is 12.6 Å². The number of pyridine rings is 1. The van der Waals surface area contributed by atoms with Crippen molar-refractivity contribution in [2.24, 2.45) is 5.41 Å². The molecule has 0 saturated carbocycles. The van der Waals surface area contributed by atoms with Gasteiger partial charge in [-0.1, -0.05) is 13.0 Å². The minimum absolute atomic E-state index is 0.0467. The molecule has 0 aliphatic carbocycles. The van der Waals surface area contributed by atoms with Crippen LogP contribution in [0.3, 0.4) is 0 Å². The van der Waals surface area contributed by atoms with Crippen molar-refractivity contribution in [2.45, 2.75) is 26.2 Å². The highest BCUT2D eigenvalue weighted by Crippen LogP contribution is 2.41. The number of halogens is 1. The molecule has 0 spiro atoms. The van der Waals surface area contributed by atoms with E-state index in [-0.39, 0.29) is 24.2 Å². The predicted octanol–water partition coefficient (Wildman–Crippen LogP) is 2.00. The van der Waals surface area contributed by atoms with Gasteiger partial charge in [0.05, 0.1) is 5.41 Å². The van der Waals surface area contributed by atoms with Crippen molar-refractivity contribution in [3.8, 4) is 0 Å². The van der Waals surface area contributed by atoms with Crippen LogP contribution in [-0.2, 0) is 9.59 Å². The second-order valence-corrected chi connectivity index (χ2v) is 5.42. The Balaban J connectivity index is 2.31. The van der Waals surface area contributed by atoms with Gasteiger partial charge < -0.3 is 0 Å². The third-order valence-corrected chi connectivity index (χ3v) is 3.97. The first-order valence-corrected chi connectivity index (χ1v) is 6.18. The Bertz CT molecular complexity index is 472. The lowest BCUT2D eigenvalue weighted by Crippen LogP contribution is -2.33. The van der Waals surface area contributed by atoms with E-state index in [9.17, 15) is 9.59 Å². The van der Waals surface area contributed by atoms with Crippen molar-refractivity contribution in [3.05, 3.63) is 28.5 Å². The summed E-state index contributed by atoms with van der Waals surface area (Å²) in [6.45, 7) is 3.77. The van der Waals surface area contributed by atoms with Crippen molar-refractivity contribution in [1.82, 2.24) is 10.3 Å². The van der Waals surface area contributed by atoms with Gasteiger partial charge in [0.2, 0.25) is 11.8 Å². The summed E-state index contributed by atoms with van der Waals surface area (Å²) in [5, 5.41) is 2.36. The lowest BCUT2D eigenvalue weighted by molar-refractivity contribution is -0.128. The number of aromatic nitrogens is 1. The number of hydrogen-bond donors (Lipinski definition) is 1. The molecule has 2 rings (SSSR count). The van der Waals surface area contributed by atoms with Crippen LogP contribution in [-0.4, -0.2) is 16.8 Å². The van der Waals surface area contributed by atoms with E-state index >= 15 is 0 Å². The van der Waals surface area contributed by atoms with E-state index in [1.54, 1.807) is 6.20 Å². The maximum absolute atomic E-state index is 11.8. The molecule has 5 heteroatoms. The highest BCUT2D eigenvalue weighted by Gasteiger charge is 2.47. The fourth-order valence-electron chi connectivity index (χ4n) is 2.09. The molecule has 0 bridgehead atoms. The summed E-state index contributed by atoms with van der Waals surface area (Å²) in [5.74, 6) is -0.443. The summed E-state index contributed by atoms with van der Waals surface area (Å²) < 4.78 is 0.755. The number of imide groups is 1. The van der Waals surface area contributed by atoms with E-state index in [4.69, 9.17) is 0 Å². The molecule has 1 N–H and O–H groups in total. The standard InChI is InChI=1S/C12H13BrN2O2/c1-7(8-3-4-9(13)14-6-8)12(2)5-10(16)15-11(12)17/h3-4,6-7H,5H2,1-2H3,(H,15,16,17)/t7?,12-/m0/s1. The largest absolute Gasteiger partial charge is 0.296 e. The second kappa shape index (κ2) is 4.22. The number of amides is 2. The van der Waals surface area contributed by atoms with E-state index in [1.807, 2.05) is 26.0 Å². The summed E-state index contributed by atoms with van der Waals surface area (Å²) in [6.07, 6.45) is 1.97. The van der Waals surface area contributed by atoms with E-state index < -0.39 is 5.41 Å². The molecular weight excluding hydrogens is 284 g/mol. The van der Waals surface area contributed by atoms with Gasteiger partial charge in [0.1, 0.15) is 4.60 Å². The van der Waals surface area contributed by atoms with Crippen LogP contribution < -0.4 is 5.32 Å². The van der Waals surface area contributed by atoms with Crippen LogP contribution in [0.1, 0.15) is 31.7 Å². The van der Waals surface area contributed by atoms with E-state index in [0.29, 0.717) is 0 Å². The zero-order chi connectivity index (χ0) is 12.6. The van der Waals surface area contributed by atoms with Gasteiger partial charge in [-0.3, -0.25) is 14.9 Å². The van der Waals surface area contributed by atoms with Crippen LogP contribution in [0.4, 0.5) is 0 Å². The molecule has 17 heavy (non-hydrogen) atoms. The third-order valence-electron chi connectivity index (χ3n) is 3.51. The third kappa shape index (κ3) is 2.11. The van der Waals surface area contributed by atoms with Crippen LogP contribution in [0.25, 0.3) is 0 Å². The quantitative estimate of drug-likeness (QED) is 0.671. The molecule has 0 radical (unpaired) electrons. The molecule has 1 aromatic heterocycles. The minimum atomic E-state index is -0.674. The summed E-state index contributed by atoms with van der Waals surface area (Å²) in [7, 11) is 0. The van der Waals surface area contributed by atoms with Crippen molar-refractivity contribution < 1.29 is 9.59 Å². The summed E-state index contributed by atoms with van der Waals surface area (Å²) >= 11 is 3.27. The topological polar surface area (TPSA) is 59.1 Å². The molecule has 0 aromatic carbocycles. The normalized spacial score (nSPS) is 25.8. The first kappa shape index (κ1) is 12.2. The lowest BCUT2D eigenvalue weighted by atomic mass is 9.73. The molecule has 1 fully saturated rings. The van der Waals surface area contributed by atoms with E-state index in [2.05, 4.69) is 26.2 Å². The Morgan fingerprint density at radius 1 is 1.47 bits per heavy atom. The Morgan fingerprint density at radius 2 is 2.18 bits per heavy atom. The molecule has 2 atom stereocenters. The highest BCUT2D eigenvalue weighted by atomic mass is 79.9. The molecule has 2 heterocycles.